The molecule has 5 nitrogen and oxygen atoms in total. The molecule has 1 atom stereocenters. The highest BCUT2D eigenvalue weighted by Gasteiger charge is 2.16. The Morgan fingerprint density at radius 1 is 1.64 bits per heavy atom. The average Bonchev–Trinajstić information content (AvgIpc) is 2.51. The van der Waals surface area contributed by atoms with Crippen LogP contribution in [-0.2, 0) is 4.79 Å². The number of hydrogen-bond donors (Lipinski definition) is 2. The molecule has 0 aliphatic carbocycles. The fourth-order valence-electron chi connectivity index (χ4n) is 0.771. The summed E-state index contributed by atoms with van der Waals surface area (Å²) >= 11 is 3.03. The Balaban J connectivity index is 2.63. The SMILES string of the molecule is CC(NC(=O)c1coc(Br)c1)C(=O)O. The van der Waals surface area contributed by atoms with E-state index in [0.717, 1.165) is 0 Å². The van der Waals surface area contributed by atoms with E-state index in [1.807, 2.05) is 0 Å². The molecule has 1 unspecified atom stereocenters. The number of halogens is 1. The molecule has 0 saturated carbocycles. The molecule has 1 aromatic heterocycles. The first-order valence-electron chi connectivity index (χ1n) is 3.78. The second kappa shape index (κ2) is 4.28. The van der Waals surface area contributed by atoms with E-state index < -0.39 is 17.9 Å². The Morgan fingerprint density at radius 2 is 2.29 bits per heavy atom. The van der Waals surface area contributed by atoms with E-state index in [1.165, 1.54) is 19.3 Å². The summed E-state index contributed by atoms with van der Waals surface area (Å²) < 4.78 is 5.26. The lowest BCUT2D eigenvalue weighted by molar-refractivity contribution is -0.138. The predicted octanol–water partition coefficient (Wildman–Crippen LogP) is 1.25. The van der Waals surface area contributed by atoms with Gasteiger partial charge >= 0.3 is 5.97 Å². The molecular formula is C8H8BrNO4. The molecule has 0 fully saturated rings. The summed E-state index contributed by atoms with van der Waals surface area (Å²) in [5.74, 6) is -1.56. The van der Waals surface area contributed by atoms with Crippen LogP contribution in [0.4, 0.5) is 0 Å². The van der Waals surface area contributed by atoms with E-state index in [9.17, 15) is 9.59 Å². The van der Waals surface area contributed by atoms with Gasteiger partial charge in [-0.15, -0.1) is 0 Å². The Hall–Kier alpha value is -1.30. The summed E-state index contributed by atoms with van der Waals surface area (Å²) in [5.41, 5.74) is 0.282. The molecule has 0 saturated heterocycles. The maximum absolute atomic E-state index is 11.3. The lowest BCUT2D eigenvalue weighted by Gasteiger charge is -2.06. The third-order valence-corrected chi connectivity index (χ3v) is 1.96. The average molecular weight is 262 g/mol. The third kappa shape index (κ3) is 2.59. The zero-order valence-electron chi connectivity index (χ0n) is 7.28. The quantitative estimate of drug-likeness (QED) is 0.858. The summed E-state index contributed by atoms with van der Waals surface area (Å²) in [6, 6.07) is 0.542. The molecule has 0 spiro atoms. The maximum Gasteiger partial charge on any atom is 0.325 e. The second-order valence-corrected chi connectivity index (χ2v) is 3.45. The van der Waals surface area contributed by atoms with Crippen LogP contribution in [0.5, 0.6) is 0 Å². The fraction of sp³-hybridized carbons (Fsp3) is 0.250. The van der Waals surface area contributed by atoms with Crippen LogP contribution >= 0.6 is 15.9 Å². The number of furan rings is 1. The van der Waals surface area contributed by atoms with Crippen LogP contribution in [0, 0.1) is 0 Å². The highest BCUT2D eigenvalue weighted by molar-refractivity contribution is 9.10. The lowest BCUT2D eigenvalue weighted by atomic mass is 10.3. The Morgan fingerprint density at radius 3 is 2.71 bits per heavy atom. The van der Waals surface area contributed by atoms with Crippen molar-refractivity contribution in [1.82, 2.24) is 5.32 Å². The molecule has 1 aromatic rings. The number of amides is 1. The van der Waals surface area contributed by atoms with Crippen molar-refractivity contribution in [2.45, 2.75) is 13.0 Å². The first-order chi connectivity index (χ1) is 6.50. The minimum atomic E-state index is -1.08. The molecule has 76 valence electrons. The summed E-state index contributed by atoms with van der Waals surface area (Å²) in [6.07, 6.45) is 1.24. The van der Waals surface area contributed by atoms with Crippen LogP contribution in [0.3, 0.4) is 0 Å². The fourth-order valence-corrected chi connectivity index (χ4v) is 1.11. The summed E-state index contributed by atoms with van der Waals surface area (Å²) in [4.78, 5) is 21.7. The van der Waals surface area contributed by atoms with E-state index >= 15 is 0 Å². The van der Waals surface area contributed by atoms with Crippen LogP contribution in [0.2, 0.25) is 0 Å². The third-order valence-electron chi connectivity index (χ3n) is 1.55. The molecule has 0 aliphatic heterocycles. The van der Waals surface area contributed by atoms with E-state index in [-0.39, 0.29) is 5.56 Å². The van der Waals surface area contributed by atoms with Gasteiger partial charge in [0.1, 0.15) is 12.3 Å². The van der Waals surface area contributed by atoms with E-state index in [0.29, 0.717) is 4.67 Å². The molecule has 0 aliphatic rings. The van der Waals surface area contributed by atoms with Crippen molar-refractivity contribution < 1.29 is 19.1 Å². The summed E-state index contributed by atoms with van der Waals surface area (Å²) in [6.45, 7) is 1.38. The Kier molecular flexibility index (Phi) is 3.29. The van der Waals surface area contributed by atoms with Crippen molar-refractivity contribution >= 4 is 27.8 Å². The normalized spacial score (nSPS) is 12.1. The standard InChI is InChI=1S/C8H8BrNO4/c1-4(8(12)13)10-7(11)5-2-6(9)14-3-5/h2-4H,1H3,(H,10,11)(H,12,13). The number of carbonyl (C=O) groups is 2. The summed E-state index contributed by atoms with van der Waals surface area (Å²) in [7, 11) is 0. The van der Waals surface area contributed by atoms with Gasteiger partial charge in [-0.3, -0.25) is 9.59 Å². The van der Waals surface area contributed by atoms with Crippen molar-refractivity contribution in [3.63, 3.8) is 0 Å². The Labute approximate surface area is 88.2 Å². The van der Waals surface area contributed by atoms with Gasteiger partial charge in [-0.25, -0.2) is 0 Å². The van der Waals surface area contributed by atoms with Crippen molar-refractivity contribution in [3.05, 3.63) is 22.6 Å². The molecule has 6 heteroatoms. The molecule has 2 N–H and O–H groups in total. The first kappa shape index (κ1) is 10.8. The van der Waals surface area contributed by atoms with Crippen molar-refractivity contribution in [2.75, 3.05) is 0 Å². The minimum Gasteiger partial charge on any atom is -0.480 e. The van der Waals surface area contributed by atoms with Gasteiger partial charge in [-0.05, 0) is 22.9 Å². The van der Waals surface area contributed by atoms with Crippen molar-refractivity contribution in [1.29, 1.82) is 0 Å². The predicted molar refractivity (Wildman–Crippen MR) is 51.0 cm³/mol. The molecule has 1 rings (SSSR count). The second-order valence-electron chi connectivity index (χ2n) is 2.67. The zero-order chi connectivity index (χ0) is 10.7. The van der Waals surface area contributed by atoms with Gasteiger partial charge in [0.2, 0.25) is 0 Å². The van der Waals surface area contributed by atoms with Crippen LogP contribution in [0.15, 0.2) is 21.4 Å². The van der Waals surface area contributed by atoms with Gasteiger partial charge in [0, 0.05) is 6.07 Å². The lowest BCUT2D eigenvalue weighted by Crippen LogP contribution is -2.38. The van der Waals surface area contributed by atoms with E-state index in [2.05, 4.69) is 21.2 Å². The van der Waals surface area contributed by atoms with Crippen LogP contribution in [-0.4, -0.2) is 23.0 Å². The zero-order valence-corrected chi connectivity index (χ0v) is 8.87. The smallest absolute Gasteiger partial charge is 0.325 e. The van der Waals surface area contributed by atoms with Gasteiger partial charge in [0.05, 0.1) is 5.56 Å². The molecular weight excluding hydrogens is 254 g/mol. The molecule has 0 bridgehead atoms. The van der Waals surface area contributed by atoms with Gasteiger partial charge in [-0.1, -0.05) is 0 Å². The largest absolute Gasteiger partial charge is 0.480 e. The highest BCUT2D eigenvalue weighted by atomic mass is 79.9. The minimum absolute atomic E-state index is 0.282. The number of aliphatic carboxylic acids is 1. The molecule has 1 amide bonds. The van der Waals surface area contributed by atoms with Gasteiger partial charge < -0.3 is 14.8 Å². The topological polar surface area (TPSA) is 79.5 Å². The first-order valence-corrected chi connectivity index (χ1v) is 4.57. The maximum atomic E-state index is 11.3. The van der Waals surface area contributed by atoms with Gasteiger partial charge in [0.15, 0.2) is 4.67 Å². The number of nitrogens with one attached hydrogen (secondary N) is 1. The van der Waals surface area contributed by atoms with Crippen molar-refractivity contribution in [2.24, 2.45) is 0 Å². The summed E-state index contributed by atoms with van der Waals surface area (Å²) in [5, 5.41) is 10.8. The monoisotopic (exact) mass is 261 g/mol. The molecule has 0 aromatic carbocycles. The Bertz CT molecular complexity index is 360. The van der Waals surface area contributed by atoms with Crippen LogP contribution in [0.1, 0.15) is 17.3 Å². The molecule has 1 heterocycles. The molecule has 0 radical (unpaired) electrons. The van der Waals surface area contributed by atoms with Crippen LogP contribution < -0.4 is 5.32 Å². The number of carboxylic acids is 1. The number of carbonyl (C=O) groups excluding carboxylic acids is 1. The molecule has 14 heavy (non-hydrogen) atoms. The highest BCUT2D eigenvalue weighted by Crippen LogP contribution is 2.13. The number of rotatable bonds is 3. The van der Waals surface area contributed by atoms with Crippen molar-refractivity contribution in [3.8, 4) is 0 Å². The van der Waals surface area contributed by atoms with E-state index in [1.54, 1.807) is 0 Å². The van der Waals surface area contributed by atoms with E-state index in [4.69, 9.17) is 9.52 Å². The number of hydrogen-bond acceptors (Lipinski definition) is 3. The van der Waals surface area contributed by atoms with Crippen LogP contribution in [0.25, 0.3) is 0 Å². The van der Waals surface area contributed by atoms with Gasteiger partial charge in [-0.2, -0.15) is 0 Å². The van der Waals surface area contributed by atoms with Gasteiger partial charge in [0.25, 0.3) is 5.91 Å². The number of carboxylic acid groups (broad SMARTS) is 1.